The molecule has 0 aliphatic carbocycles. The van der Waals surface area contributed by atoms with Crippen molar-refractivity contribution in [1.29, 1.82) is 0 Å². The Balaban J connectivity index is 3.18. The van der Waals surface area contributed by atoms with E-state index in [1.807, 2.05) is 0 Å². The molecule has 0 aromatic heterocycles. The van der Waals surface area contributed by atoms with Gasteiger partial charge in [0.2, 0.25) is 0 Å². The fourth-order valence-electron chi connectivity index (χ4n) is 1.42. The molecular formula is C10H11BrF3N. The van der Waals surface area contributed by atoms with E-state index in [4.69, 9.17) is 0 Å². The fraction of sp³-hybridized carbons (Fsp3) is 0.400. The number of nitrogens with one attached hydrogen (secondary N) is 1. The Labute approximate surface area is 94.8 Å². The highest BCUT2D eigenvalue weighted by Gasteiger charge is 2.40. The van der Waals surface area contributed by atoms with Crippen LogP contribution in [0.1, 0.15) is 17.2 Å². The van der Waals surface area contributed by atoms with E-state index >= 15 is 0 Å². The standard InChI is InChI=1S/C10H11BrF3N/c1-6-3-4-7(11)5-8(6)9(15-2)10(12,13)14/h3-5,9,15H,1-2H3. The molecule has 1 nitrogen and oxygen atoms in total. The molecule has 0 spiro atoms. The van der Waals surface area contributed by atoms with Gasteiger partial charge in [-0.1, -0.05) is 22.0 Å². The van der Waals surface area contributed by atoms with Crippen molar-refractivity contribution in [3.63, 3.8) is 0 Å². The molecule has 0 aliphatic heterocycles. The number of hydrogen-bond acceptors (Lipinski definition) is 1. The van der Waals surface area contributed by atoms with Crippen LogP contribution in [-0.2, 0) is 0 Å². The molecule has 0 amide bonds. The lowest BCUT2D eigenvalue weighted by Gasteiger charge is -2.21. The van der Waals surface area contributed by atoms with Gasteiger partial charge in [-0.25, -0.2) is 0 Å². The van der Waals surface area contributed by atoms with Gasteiger partial charge in [-0.15, -0.1) is 0 Å². The molecule has 1 unspecified atom stereocenters. The molecular weight excluding hydrogens is 271 g/mol. The molecule has 5 heteroatoms. The molecule has 84 valence electrons. The monoisotopic (exact) mass is 281 g/mol. The largest absolute Gasteiger partial charge is 0.407 e. The van der Waals surface area contributed by atoms with Crippen molar-refractivity contribution in [1.82, 2.24) is 5.32 Å². The van der Waals surface area contributed by atoms with Crippen molar-refractivity contribution >= 4 is 15.9 Å². The van der Waals surface area contributed by atoms with Crippen molar-refractivity contribution in [3.05, 3.63) is 33.8 Å². The Morgan fingerprint density at radius 2 is 1.93 bits per heavy atom. The highest BCUT2D eigenvalue weighted by molar-refractivity contribution is 9.10. The molecule has 0 fully saturated rings. The van der Waals surface area contributed by atoms with Gasteiger partial charge in [0.05, 0.1) is 0 Å². The number of alkyl halides is 3. The third kappa shape index (κ3) is 2.95. The van der Waals surface area contributed by atoms with E-state index in [1.165, 1.54) is 13.1 Å². The molecule has 1 atom stereocenters. The third-order valence-corrected chi connectivity index (χ3v) is 2.66. The maximum atomic E-state index is 12.6. The quantitative estimate of drug-likeness (QED) is 0.874. The minimum Gasteiger partial charge on any atom is -0.306 e. The number of aryl methyl sites for hydroxylation is 1. The Kier molecular flexibility index (Phi) is 3.78. The summed E-state index contributed by atoms with van der Waals surface area (Å²) < 4.78 is 38.6. The van der Waals surface area contributed by atoms with Crippen LogP contribution in [0.2, 0.25) is 0 Å². The summed E-state index contributed by atoms with van der Waals surface area (Å²) in [7, 11) is 1.30. The summed E-state index contributed by atoms with van der Waals surface area (Å²) >= 11 is 3.17. The average molecular weight is 282 g/mol. The fourth-order valence-corrected chi connectivity index (χ4v) is 1.80. The van der Waals surface area contributed by atoms with Crippen molar-refractivity contribution in [2.45, 2.75) is 19.1 Å². The Bertz CT molecular complexity index is 349. The molecule has 1 rings (SSSR count). The minimum absolute atomic E-state index is 0.249. The van der Waals surface area contributed by atoms with Crippen molar-refractivity contribution in [2.24, 2.45) is 0 Å². The number of rotatable bonds is 2. The van der Waals surface area contributed by atoms with Gasteiger partial charge in [-0.3, -0.25) is 0 Å². The van der Waals surface area contributed by atoms with Crippen LogP contribution in [-0.4, -0.2) is 13.2 Å². The molecule has 1 aromatic carbocycles. The van der Waals surface area contributed by atoms with Crippen LogP contribution < -0.4 is 5.32 Å². The summed E-state index contributed by atoms with van der Waals surface area (Å²) in [5.41, 5.74) is 0.870. The maximum absolute atomic E-state index is 12.6. The Morgan fingerprint density at radius 1 is 1.33 bits per heavy atom. The first-order valence-corrected chi connectivity index (χ1v) is 5.15. The first-order chi connectivity index (χ1) is 6.86. The molecule has 15 heavy (non-hydrogen) atoms. The molecule has 0 radical (unpaired) electrons. The Morgan fingerprint density at radius 3 is 2.40 bits per heavy atom. The summed E-state index contributed by atoms with van der Waals surface area (Å²) in [6.45, 7) is 1.66. The van der Waals surface area contributed by atoms with E-state index < -0.39 is 12.2 Å². The van der Waals surface area contributed by atoms with E-state index in [1.54, 1.807) is 19.1 Å². The van der Waals surface area contributed by atoms with Gasteiger partial charge < -0.3 is 5.32 Å². The van der Waals surface area contributed by atoms with Crippen LogP contribution in [0.15, 0.2) is 22.7 Å². The third-order valence-electron chi connectivity index (χ3n) is 2.17. The van der Waals surface area contributed by atoms with Crippen LogP contribution in [0.25, 0.3) is 0 Å². The minimum atomic E-state index is -4.28. The van der Waals surface area contributed by atoms with Crippen LogP contribution in [0, 0.1) is 6.92 Å². The highest BCUT2D eigenvalue weighted by Crippen LogP contribution is 2.34. The van der Waals surface area contributed by atoms with Gasteiger partial charge in [0.15, 0.2) is 0 Å². The number of benzene rings is 1. The molecule has 1 N–H and O–H groups in total. The number of hydrogen-bond donors (Lipinski definition) is 1. The summed E-state index contributed by atoms with van der Waals surface area (Å²) in [5, 5.41) is 2.28. The number of halogens is 4. The summed E-state index contributed by atoms with van der Waals surface area (Å²) in [6.07, 6.45) is -4.28. The van der Waals surface area contributed by atoms with Crippen LogP contribution in [0.5, 0.6) is 0 Å². The van der Waals surface area contributed by atoms with Crippen molar-refractivity contribution < 1.29 is 13.2 Å². The predicted octanol–water partition coefficient (Wildman–Crippen LogP) is 3.58. The van der Waals surface area contributed by atoms with Gasteiger partial charge in [-0.2, -0.15) is 13.2 Å². The summed E-state index contributed by atoms with van der Waals surface area (Å²) in [4.78, 5) is 0. The second-order valence-electron chi connectivity index (χ2n) is 3.26. The topological polar surface area (TPSA) is 12.0 Å². The van der Waals surface area contributed by atoms with Gasteiger partial charge in [0, 0.05) is 4.47 Å². The molecule has 0 heterocycles. The van der Waals surface area contributed by atoms with Gasteiger partial charge in [-0.05, 0) is 37.2 Å². The van der Waals surface area contributed by atoms with E-state index in [0.717, 1.165) is 0 Å². The zero-order valence-electron chi connectivity index (χ0n) is 8.32. The SMILES string of the molecule is CNC(c1cc(Br)ccc1C)C(F)(F)F. The van der Waals surface area contributed by atoms with Crippen LogP contribution in [0.4, 0.5) is 13.2 Å². The lowest BCUT2D eigenvalue weighted by Crippen LogP contribution is -2.32. The molecule has 0 bridgehead atoms. The normalized spacial score (nSPS) is 14.0. The van der Waals surface area contributed by atoms with Gasteiger partial charge in [0.1, 0.15) is 6.04 Å². The summed E-state index contributed by atoms with van der Waals surface area (Å²) in [6, 6.07) is 3.26. The van der Waals surface area contributed by atoms with E-state index in [0.29, 0.717) is 10.0 Å². The zero-order chi connectivity index (χ0) is 11.6. The average Bonchev–Trinajstić information content (AvgIpc) is 2.10. The lowest BCUT2D eigenvalue weighted by atomic mass is 10.0. The van der Waals surface area contributed by atoms with E-state index in [9.17, 15) is 13.2 Å². The summed E-state index contributed by atoms with van der Waals surface area (Å²) in [5.74, 6) is 0. The first kappa shape index (κ1) is 12.5. The molecule has 0 aliphatic rings. The smallest absolute Gasteiger partial charge is 0.306 e. The van der Waals surface area contributed by atoms with Crippen molar-refractivity contribution in [3.8, 4) is 0 Å². The van der Waals surface area contributed by atoms with Gasteiger partial charge >= 0.3 is 6.18 Å². The van der Waals surface area contributed by atoms with E-state index in [2.05, 4.69) is 21.2 Å². The molecule has 0 saturated carbocycles. The predicted molar refractivity (Wildman–Crippen MR) is 56.7 cm³/mol. The highest BCUT2D eigenvalue weighted by atomic mass is 79.9. The maximum Gasteiger partial charge on any atom is 0.407 e. The van der Waals surface area contributed by atoms with E-state index in [-0.39, 0.29) is 5.56 Å². The molecule has 0 saturated heterocycles. The van der Waals surface area contributed by atoms with Crippen LogP contribution >= 0.6 is 15.9 Å². The van der Waals surface area contributed by atoms with Crippen molar-refractivity contribution in [2.75, 3.05) is 7.05 Å². The first-order valence-electron chi connectivity index (χ1n) is 4.36. The lowest BCUT2D eigenvalue weighted by molar-refractivity contribution is -0.156. The second-order valence-corrected chi connectivity index (χ2v) is 4.18. The molecule has 1 aromatic rings. The van der Waals surface area contributed by atoms with Gasteiger partial charge in [0.25, 0.3) is 0 Å². The second kappa shape index (κ2) is 4.53. The Hall–Kier alpha value is -0.550. The van der Waals surface area contributed by atoms with Crippen LogP contribution in [0.3, 0.4) is 0 Å². The zero-order valence-corrected chi connectivity index (χ0v) is 9.91.